The number of hydrogen-bond acceptors (Lipinski definition) is 6. The molecule has 0 radical (unpaired) electrons. The maximum atomic E-state index is 11.2. The van der Waals surface area contributed by atoms with E-state index >= 15 is 0 Å². The molecule has 1 atom stereocenters. The van der Waals surface area contributed by atoms with Crippen LogP contribution in [0.5, 0.6) is 0 Å². The van der Waals surface area contributed by atoms with Gasteiger partial charge >= 0.3 is 11.1 Å². The number of aromatic nitrogens is 3. The lowest BCUT2D eigenvalue weighted by Gasteiger charge is -2.21. The highest BCUT2D eigenvalue weighted by molar-refractivity contribution is 7.99. The first-order chi connectivity index (χ1) is 8.91. The van der Waals surface area contributed by atoms with Crippen LogP contribution in [0.4, 0.5) is 0 Å². The molecule has 0 saturated heterocycles. The number of thioether (sulfide) groups is 1. The first-order valence-corrected chi connectivity index (χ1v) is 6.87. The lowest BCUT2D eigenvalue weighted by molar-refractivity contribution is 0.450. The minimum absolute atomic E-state index is 0.432. The average Bonchev–Trinajstić information content (AvgIpc) is 2.36. The van der Waals surface area contributed by atoms with Gasteiger partial charge < -0.3 is 0 Å². The number of aromatic amines is 1. The van der Waals surface area contributed by atoms with E-state index in [1.165, 1.54) is 16.4 Å². The van der Waals surface area contributed by atoms with E-state index in [-0.39, 0.29) is 0 Å². The van der Waals surface area contributed by atoms with Crippen molar-refractivity contribution >= 4 is 11.8 Å². The minimum Gasteiger partial charge on any atom is -0.300 e. The van der Waals surface area contributed by atoms with Crippen LogP contribution in [0.3, 0.4) is 0 Å². The van der Waals surface area contributed by atoms with Crippen molar-refractivity contribution in [3.05, 3.63) is 20.7 Å². The molecule has 2 N–H and O–H groups in total. The van der Waals surface area contributed by atoms with Gasteiger partial charge in [-0.2, -0.15) is 10.2 Å². The van der Waals surface area contributed by atoms with Gasteiger partial charge in [0.25, 0.3) is 0 Å². The molecule has 0 aliphatic heterocycles. The molecule has 1 aromatic heterocycles. The van der Waals surface area contributed by atoms with Gasteiger partial charge in [0, 0.05) is 12.8 Å². The fraction of sp³-hybridized carbons (Fsp3) is 0.636. The van der Waals surface area contributed by atoms with Crippen molar-refractivity contribution in [2.45, 2.75) is 31.0 Å². The van der Waals surface area contributed by atoms with Crippen molar-refractivity contribution < 1.29 is 0 Å². The first-order valence-electron chi connectivity index (χ1n) is 5.88. The van der Waals surface area contributed by atoms with E-state index < -0.39 is 16.7 Å². The lowest BCUT2D eigenvalue weighted by atomic mass is 10.0. The normalized spacial score (nSPS) is 13.8. The molecule has 0 fully saturated rings. The zero-order valence-corrected chi connectivity index (χ0v) is 12.0. The van der Waals surface area contributed by atoms with Crippen LogP contribution in [-0.4, -0.2) is 32.6 Å². The highest BCUT2D eigenvalue weighted by Gasteiger charge is 2.22. The molecule has 0 amide bonds. The zero-order chi connectivity index (χ0) is 14.5. The largest absolute Gasteiger partial charge is 0.339 e. The molecule has 0 aromatic carbocycles. The van der Waals surface area contributed by atoms with Crippen LogP contribution in [0.2, 0.25) is 0 Å². The molecule has 7 nitrogen and oxygen atoms in total. The Hall–Kier alpha value is -1.59. The first kappa shape index (κ1) is 15.5. The van der Waals surface area contributed by atoms with Gasteiger partial charge in [-0.3, -0.25) is 24.7 Å². The summed E-state index contributed by atoms with van der Waals surface area (Å²) in [7, 11) is 1.62. The molecule has 0 saturated carbocycles. The Bertz CT molecular complexity index is 588. The summed E-state index contributed by atoms with van der Waals surface area (Å²) in [6, 6.07) is 2.23. The van der Waals surface area contributed by atoms with E-state index in [2.05, 4.69) is 21.5 Å². The van der Waals surface area contributed by atoms with Gasteiger partial charge in [0.1, 0.15) is 5.54 Å². The molecule has 0 spiro atoms. The van der Waals surface area contributed by atoms with Gasteiger partial charge in [-0.05, 0) is 19.9 Å². The summed E-state index contributed by atoms with van der Waals surface area (Å²) in [5, 5.41) is 15.0. The van der Waals surface area contributed by atoms with Crippen molar-refractivity contribution in [3.8, 4) is 6.07 Å². The highest BCUT2D eigenvalue weighted by atomic mass is 32.2. The van der Waals surface area contributed by atoms with Crippen LogP contribution in [0, 0.1) is 11.3 Å². The molecular formula is C11H17N5O2S. The predicted molar refractivity (Wildman–Crippen MR) is 73.1 cm³/mol. The van der Waals surface area contributed by atoms with Crippen LogP contribution in [0.1, 0.15) is 20.3 Å². The number of H-pyrrole nitrogens is 1. The monoisotopic (exact) mass is 283 g/mol. The fourth-order valence-corrected chi connectivity index (χ4v) is 2.59. The zero-order valence-electron chi connectivity index (χ0n) is 11.2. The van der Waals surface area contributed by atoms with Gasteiger partial charge in [-0.25, -0.2) is 0 Å². The maximum Gasteiger partial charge on any atom is 0.339 e. The average molecular weight is 283 g/mol. The topological polar surface area (TPSA) is 104 Å². The van der Waals surface area contributed by atoms with Crippen LogP contribution < -0.4 is 16.4 Å². The Morgan fingerprint density at radius 3 is 2.84 bits per heavy atom. The SMILES string of the molecule is CCNC(C)(C#N)CCSc1nc(=O)c(=O)[nH]n1C. The van der Waals surface area contributed by atoms with E-state index in [1.807, 2.05) is 13.8 Å². The second-order valence-electron chi connectivity index (χ2n) is 4.27. The van der Waals surface area contributed by atoms with Gasteiger partial charge in [-0.15, -0.1) is 0 Å². The summed E-state index contributed by atoms with van der Waals surface area (Å²) < 4.78 is 1.41. The molecule has 0 aliphatic rings. The van der Waals surface area contributed by atoms with Gasteiger partial charge in [0.15, 0.2) is 5.16 Å². The van der Waals surface area contributed by atoms with Crippen molar-refractivity contribution in [3.63, 3.8) is 0 Å². The quantitative estimate of drug-likeness (QED) is 0.555. The van der Waals surface area contributed by atoms with Crippen molar-refractivity contribution in [2.24, 2.45) is 7.05 Å². The van der Waals surface area contributed by atoms with Crippen molar-refractivity contribution in [1.29, 1.82) is 5.26 Å². The minimum atomic E-state index is -0.796. The summed E-state index contributed by atoms with van der Waals surface area (Å²) in [5.74, 6) is 0.614. The van der Waals surface area contributed by atoms with Gasteiger partial charge in [0.2, 0.25) is 0 Å². The molecule has 8 heteroatoms. The summed E-state index contributed by atoms with van der Waals surface area (Å²) in [6.07, 6.45) is 0.608. The molecule has 1 unspecified atom stereocenters. The van der Waals surface area contributed by atoms with Crippen LogP contribution in [0.15, 0.2) is 14.7 Å². The highest BCUT2D eigenvalue weighted by Crippen LogP contribution is 2.18. The predicted octanol–water partition coefficient (Wildman–Crippen LogP) is -0.157. The number of hydrogen-bond donors (Lipinski definition) is 2. The van der Waals surface area contributed by atoms with Crippen LogP contribution in [0.25, 0.3) is 0 Å². The number of nitrogens with one attached hydrogen (secondary N) is 2. The van der Waals surface area contributed by atoms with E-state index in [9.17, 15) is 9.59 Å². The van der Waals surface area contributed by atoms with Crippen LogP contribution >= 0.6 is 11.8 Å². The Kier molecular flexibility index (Phi) is 5.32. The van der Waals surface area contributed by atoms with Crippen LogP contribution in [-0.2, 0) is 7.05 Å². The van der Waals surface area contributed by atoms with Gasteiger partial charge in [0.05, 0.1) is 6.07 Å². The third-order valence-corrected chi connectivity index (χ3v) is 3.63. The third-order valence-electron chi connectivity index (χ3n) is 2.59. The van der Waals surface area contributed by atoms with Crippen molar-refractivity contribution in [1.82, 2.24) is 20.1 Å². The molecular weight excluding hydrogens is 266 g/mol. The second-order valence-corrected chi connectivity index (χ2v) is 5.33. The molecule has 0 aliphatic carbocycles. The molecule has 104 valence electrons. The van der Waals surface area contributed by atoms with E-state index in [0.29, 0.717) is 23.9 Å². The summed E-state index contributed by atoms with van der Waals surface area (Å²) >= 11 is 1.33. The van der Waals surface area contributed by atoms with Gasteiger partial charge in [-0.1, -0.05) is 18.7 Å². The fourth-order valence-electron chi connectivity index (χ4n) is 1.51. The number of nitriles is 1. The van der Waals surface area contributed by atoms with Crippen molar-refractivity contribution in [2.75, 3.05) is 12.3 Å². The standard InChI is InChI=1S/C11H17N5O2S/c1-4-13-11(2,7-12)5-6-19-10-14-8(17)9(18)15-16(10)3/h13H,4-6H2,1-3H3,(H,15,18). The third kappa shape index (κ3) is 4.22. The molecule has 0 bridgehead atoms. The number of nitrogens with zero attached hydrogens (tertiary/aromatic N) is 3. The Morgan fingerprint density at radius 2 is 2.26 bits per heavy atom. The molecule has 1 heterocycles. The Labute approximate surface area is 115 Å². The van der Waals surface area contributed by atoms with E-state index in [4.69, 9.17) is 5.26 Å². The van der Waals surface area contributed by atoms with E-state index in [0.717, 1.165) is 0 Å². The Morgan fingerprint density at radius 1 is 1.58 bits per heavy atom. The summed E-state index contributed by atoms with van der Waals surface area (Å²) in [4.78, 5) is 25.9. The Balaban J connectivity index is 2.69. The summed E-state index contributed by atoms with van der Waals surface area (Å²) in [5.41, 5.74) is -2.13. The molecule has 1 aromatic rings. The smallest absolute Gasteiger partial charge is 0.300 e. The molecule has 19 heavy (non-hydrogen) atoms. The lowest BCUT2D eigenvalue weighted by Crippen LogP contribution is -2.41. The second kappa shape index (κ2) is 6.54. The summed E-state index contributed by atoms with van der Waals surface area (Å²) in [6.45, 7) is 4.48. The van der Waals surface area contributed by atoms with E-state index in [1.54, 1.807) is 7.05 Å². The maximum absolute atomic E-state index is 11.2. The molecule has 1 rings (SSSR count). The number of rotatable bonds is 6. The number of aryl methyl sites for hydroxylation is 1.